The van der Waals surface area contributed by atoms with E-state index in [1.54, 1.807) is 0 Å². The number of nitrogens with zero attached hydrogens (tertiary/aromatic N) is 1. The molecule has 0 saturated carbocycles. The van der Waals surface area contributed by atoms with Gasteiger partial charge < -0.3 is 11.1 Å². The molecule has 17 heavy (non-hydrogen) atoms. The molecule has 2 heterocycles. The second-order valence-corrected chi connectivity index (χ2v) is 5.76. The highest BCUT2D eigenvalue weighted by Gasteiger charge is 2.31. The van der Waals surface area contributed by atoms with Crippen LogP contribution in [0.2, 0.25) is 0 Å². The monoisotopic (exact) mass is 239 g/mol. The smallest absolute Gasteiger partial charge is 0.234 e. The van der Waals surface area contributed by atoms with Crippen LogP contribution in [0.1, 0.15) is 32.6 Å². The molecule has 0 aromatic heterocycles. The quantitative estimate of drug-likeness (QED) is 0.757. The van der Waals surface area contributed by atoms with E-state index in [1.807, 2.05) is 0 Å². The topological polar surface area (TPSA) is 58.4 Å². The molecular formula is C13H25N3O. The molecule has 0 spiro atoms. The van der Waals surface area contributed by atoms with Gasteiger partial charge in [-0.05, 0) is 57.2 Å². The Kier molecular flexibility index (Phi) is 4.40. The fourth-order valence-electron chi connectivity index (χ4n) is 3.12. The van der Waals surface area contributed by atoms with Crippen molar-refractivity contribution in [1.82, 2.24) is 10.2 Å². The maximum atomic E-state index is 11.5. The van der Waals surface area contributed by atoms with Crippen molar-refractivity contribution in [1.29, 1.82) is 0 Å². The molecule has 0 aromatic carbocycles. The predicted octanol–water partition coefficient (Wildman–Crippen LogP) is 0.572. The van der Waals surface area contributed by atoms with Crippen LogP contribution >= 0.6 is 0 Å². The van der Waals surface area contributed by atoms with E-state index in [4.69, 9.17) is 5.73 Å². The summed E-state index contributed by atoms with van der Waals surface area (Å²) in [5.74, 6) is 1.19. The molecule has 0 bridgehead atoms. The van der Waals surface area contributed by atoms with Crippen LogP contribution in [0, 0.1) is 11.8 Å². The van der Waals surface area contributed by atoms with Crippen molar-refractivity contribution in [3.63, 3.8) is 0 Å². The van der Waals surface area contributed by atoms with E-state index in [0.717, 1.165) is 32.6 Å². The van der Waals surface area contributed by atoms with E-state index in [0.29, 0.717) is 11.8 Å². The fourth-order valence-corrected chi connectivity index (χ4v) is 3.12. The number of piperidine rings is 2. The number of nitrogens with two attached hydrogens (primary N) is 1. The zero-order valence-electron chi connectivity index (χ0n) is 10.8. The van der Waals surface area contributed by atoms with Crippen LogP contribution in [0.25, 0.3) is 0 Å². The Morgan fingerprint density at radius 3 is 2.94 bits per heavy atom. The molecule has 3 N–H and O–H groups in total. The summed E-state index contributed by atoms with van der Waals surface area (Å²) in [5, 5.41) is 3.43. The van der Waals surface area contributed by atoms with E-state index < -0.39 is 0 Å². The fraction of sp³-hybridized carbons (Fsp3) is 0.923. The van der Waals surface area contributed by atoms with Crippen LogP contribution in [-0.2, 0) is 4.79 Å². The van der Waals surface area contributed by atoms with E-state index in [2.05, 4.69) is 17.1 Å². The van der Waals surface area contributed by atoms with Crippen molar-refractivity contribution in [2.75, 3.05) is 26.2 Å². The molecule has 2 aliphatic heterocycles. The highest BCUT2D eigenvalue weighted by molar-refractivity contribution is 5.80. The molecule has 2 fully saturated rings. The average Bonchev–Trinajstić information content (AvgIpc) is 2.32. The zero-order chi connectivity index (χ0) is 12.3. The summed E-state index contributed by atoms with van der Waals surface area (Å²) >= 11 is 0. The second kappa shape index (κ2) is 5.83. The van der Waals surface area contributed by atoms with E-state index in [1.165, 1.54) is 19.3 Å². The number of rotatable bonds is 3. The minimum Gasteiger partial charge on any atom is -0.368 e. The van der Waals surface area contributed by atoms with Gasteiger partial charge in [0.1, 0.15) is 0 Å². The lowest BCUT2D eigenvalue weighted by Crippen LogP contribution is -2.52. The van der Waals surface area contributed by atoms with Crippen LogP contribution in [0.4, 0.5) is 0 Å². The SMILES string of the molecule is CC1CCN(CC2CCCNC2)C(C(N)=O)C1. The molecule has 0 aliphatic carbocycles. The Bertz CT molecular complexity index is 263. The van der Waals surface area contributed by atoms with Gasteiger partial charge in [0, 0.05) is 6.54 Å². The van der Waals surface area contributed by atoms with Gasteiger partial charge in [-0.3, -0.25) is 9.69 Å². The molecule has 2 saturated heterocycles. The molecule has 2 rings (SSSR count). The molecule has 2 aliphatic rings. The van der Waals surface area contributed by atoms with Gasteiger partial charge in [0.15, 0.2) is 0 Å². The average molecular weight is 239 g/mol. The number of hydrogen-bond donors (Lipinski definition) is 2. The Hall–Kier alpha value is -0.610. The van der Waals surface area contributed by atoms with Gasteiger partial charge in [0.25, 0.3) is 0 Å². The van der Waals surface area contributed by atoms with Crippen LogP contribution in [-0.4, -0.2) is 43.0 Å². The highest BCUT2D eigenvalue weighted by Crippen LogP contribution is 2.24. The van der Waals surface area contributed by atoms with Crippen LogP contribution in [0.15, 0.2) is 0 Å². The normalized spacial score (nSPS) is 35.7. The largest absolute Gasteiger partial charge is 0.368 e. The summed E-state index contributed by atoms with van der Waals surface area (Å²) in [4.78, 5) is 13.8. The summed E-state index contributed by atoms with van der Waals surface area (Å²) in [6, 6.07) is -0.0272. The number of hydrogen-bond acceptors (Lipinski definition) is 3. The first-order valence-corrected chi connectivity index (χ1v) is 6.91. The van der Waals surface area contributed by atoms with E-state index in [-0.39, 0.29) is 11.9 Å². The molecule has 98 valence electrons. The van der Waals surface area contributed by atoms with Gasteiger partial charge in [0.2, 0.25) is 5.91 Å². The Morgan fingerprint density at radius 2 is 2.29 bits per heavy atom. The molecule has 1 amide bonds. The Labute approximate surface area is 104 Å². The molecule has 3 atom stereocenters. The zero-order valence-corrected chi connectivity index (χ0v) is 10.8. The van der Waals surface area contributed by atoms with Crippen molar-refractivity contribution in [2.24, 2.45) is 17.6 Å². The van der Waals surface area contributed by atoms with Gasteiger partial charge >= 0.3 is 0 Å². The van der Waals surface area contributed by atoms with Crippen LogP contribution < -0.4 is 11.1 Å². The number of nitrogens with one attached hydrogen (secondary N) is 1. The number of primary amides is 1. The second-order valence-electron chi connectivity index (χ2n) is 5.76. The summed E-state index contributed by atoms with van der Waals surface area (Å²) in [5.41, 5.74) is 5.53. The minimum atomic E-state index is -0.139. The summed E-state index contributed by atoms with van der Waals surface area (Å²) in [7, 11) is 0. The van der Waals surface area contributed by atoms with Crippen LogP contribution in [0.3, 0.4) is 0 Å². The van der Waals surface area contributed by atoms with Crippen molar-refractivity contribution >= 4 is 5.91 Å². The molecule has 0 aromatic rings. The first-order chi connectivity index (χ1) is 8.16. The lowest BCUT2D eigenvalue weighted by molar-refractivity contribution is -0.125. The van der Waals surface area contributed by atoms with E-state index in [9.17, 15) is 4.79 Å². The van der Waals surface area contributed by atoms with E-state index >= 15 is 0 Å². The number of carbonyl (C=O) groups is 1. The molecular weight excluding hydrogens is 214 g/mol. The minimum absolute atomic E-state index is 0.0272. The van der Waals surface area contributed by atoms with Gasteiger partial charge in [-0.1, -0.05) is 6.92 Å². The van der Waals surface area contributed by atoms with Crippen molar-refractivity contribution in [3.05, 3.63) is 0 Å². The third-order valence-corrected chi connectivity index (χ3v) is 4.20. The van der Waals surface area contributed by atoms with Gasteiger partial charge in [-0.15, -0.1) is 0 Å². The summed E-state index contributed by atoms with van der Waals surface area (Å²) in [6.45, 7) is 6.53. The highest BCUT2D eigenvalue weighted by atomic mass is 16.1. The maximum Gasteiger partial charge on any atom is 0.234 e. The Balaban J connectivity index is 1.90. The van der Waals surface area contributed by atoms with Gasteiger partial charge in [-0.2, -0.15) is 0 Å². The summed E-state index contributed by atoms with van der Waals surface area (Å²) < 4.78 is 0. The van der Waals surface area contributed by atoms with Crippen molar-refractivity contribution in [3.8, 4) is 0 Å². The molecule has 3 unspecified atom stereocenters. The van der Waals surface area contributed by atoms with Gasteiger partial charge in [0.05, 0.1) is 6.04 Å². The molecule has 0 radical (unpaired) electrons. The predicted molar refractivity (Wildman–Crippen MR) is 68.5 cm³/mol. The Morgan fingerprint density at radius 1 is 1.47 bits per heavy atom. The third-order valence-electron chi connectivity index (χ3n) is 4.20. The van der Waals surface area contributed by atoms with Crippen LogP contribution in [0.5, 0.6) is 0 Å². The first-order valence-electron chi connectivity index (χ1n) is 6.91. The standard InChI is InChI=1S/C13H25N3O/c1-10-4-6-16(12(7-10)13(14)17)9-11-3-2-5-15-8-11/h10-12,15H,2-9H2,1H3,(H2,14,17). The van der Waals surface area contributed by atoms with Crippen molar-refractivity contribution in [2.45, 2.75) is 38.6 Å². The summed E-state index contributed by atoms with van der Waals surface area (Å²) in [6.07, 6.45) is 4.68. The number of carbonyl (C=O) groups excluding carboxylic acids is 1. The molecule has 4 heteroatoms. The number of amides is 1. The van der Waals surface area contributed by atoms with Gasteiger partial charge in [-0.25, -0.2) is 0 Å². The lowest BCUT2D eigenvalue weighted by Gasteiger charge is -2.39. The lowest BCUT2D eigenvalue weighted by atomic mass is 9.90. The molecule has 4 nitrogen and oxygen atoms in total. The first kappa shape index (κ1) is 12.8. The number of likely N-dealkylation sites (tertiary alicyclic amines) is 1. The maximum absolute atomic E-state index is 11.5. The third kappa shape index (κ3) is 3.42. The van der Waals surface area contributed by atoms with Crippen molar-refractivity contribution < 1.29 is 4.79 Å².